The third kappa shape index (κ3) is 2.51. The number of hydrogen-bond acceptors (Lipinski definition) is 3. The van der Waals surface area contributed by atoms with Gasteiger partial charge in [-0.3, -0.25) is 4.98 Å². The van der Waals surface area contributed by atoms with Crippen molar-refractivity contribution < 1.29 is 0 Å². The quantitative estimate of drug-likeness (QED) is 0.721. The highest BCUT2D eigenvalue weighted by molar-refractivity contribution is 7.12. The van der Waals surface area contributed by atoms with Crippen molar-refractivity contribution in [2.24, 2.45) is 0 Å². The van der Waals surface area contributed by atoms with Crippen molar-refractivity contribution in [3.8, 4) is 0 Å². The molecular weight excluding hydrogens is 288 g/mol. The van der Waals surface area contributed by atoms with Crippen LogP contribution in [0.4, 0.5) is 5.69 Å². The highest BCUT2D eigenvalue weighted by Crippen LogP contribution is 2.29. The maximum atomic E-state index is 6.21. The summed E-state index contributed by atoms with van der Waals surface area (Å²) in [7, 11) is 0. The Labute approximate surface area is 127 Å². The molecule has 0 fully saturated rings. The molecule has 0 saturated heterocycles. The summed E-state index contributed by atoms with van der Waals surface area (Å²) in [4.78, 5) is 7.15. The number of aryl methyl sites for hydroxylation is 2. The summed E-state index contributed by atoms with van der Waals surface area (Å²) >= 11 is 8.04. The number of thiophene rings is 1. The number of anilines is 1. The predicted molar refractivity (Wildman–Crippen MR) is 87.9 cm³/mol. The van der Waals surface area contributed by atoms with Crippen LogP contribution in [0.5, 0.6) is 0 Å². The van der Waals surface area contributed by atoms with E-state index in [0.717, 1.165) is 28.2 Å². The molecule has 1 aromatic carbocycles. The van der Waals surface area contributed by atoms with Crippen LogP contribution in [0.2, 0.25) is 5.02 Å². The van der Waals surface area contributed by atoms with E-state index in [0.29, 0.717) is 0 Å². The third-order valence-electron chi connectivity index (χ3n) is 3.33. The molecule has 0 atom stereocenters. The van der Waals surface area contributed by atoms with Gasteiger partial charge in [-0.2, -0.15) is 0 Å². The molecule has 0 radical (unpaired) electrons. The Kier molecular flexibility index (Phi) is 3.64. The first kappa shape index (κ1) is 13.4. The number of halogens is 1. The molecule has 0 aliphatic carbocycles. The molecule has 0 aliphatic heterocycles. The predicted octanol–water partition coefficient (Wildman–Crippen LogP) is 5.18. The number of pyridine rings is 1. The van der Waals surface area contributed by atoms with Crippen molar-refractivity contribution in [3.63, 3.8) is 0 Å². The lowest BCUT2D eigenvalue weighted by atomic mass is 10.1. The van der Waals surface area contributed by atoms with E-state index in [4.69, 9.17) is 11.6 Å². The van der Waals surface area contributed by atoms with Crippen LogP contribution < -0.4 is 5.32 Å². The van der Waals surface area contributed by atoms with E-state index in [9.17, 15) is 0 Å². The second-order valence-corrected chi connectivity index (χ2v) is 6.65. The number of aromatic nitrogens is 1. The lowest BCUT2D eigenvalue weighted by molar-refractivity contribution is 1.14. The minimum Gasteiger partial charge on any atom is -0.379 e. The average molecular weight is 303 g/mol. The largest absolute Gasteiger partial charge is 0.379 e. The molecule has 2 heterocycles. The number of nitrogens with zero attached hydrogens (tertiary/aromatic N) is 1. The van der Waals surface area contributed by atoms with E-state index in [1.165, 1.54) is 15.3 Å². The van der Waals surface area contributed by atoms with E-state index < -0.39 is 0 Å². The Balaban J connectivity index is 1.92. The molecule has 4 heteroatoms. The first-order chi connectivity index (χ1) is 9.65. The van der Waals surface area contributed by atoms with Gasteiger partial charge in [0.1, 0.15) is 0 Å². The molecule has 0 unspecified atom stereocenters. The monoisotopic (exact) mass is 302 g/mol. The van der Waals surface area contributed by atoms with Gasteiger partial charge in [-0.25, -0.2) is 0 Å². The molecule has 2 aromatic heterocycles. The van der Waals surface area contributed by atoms with E-state index in [-0.39, 0.29) is 0 Å². The number of nitrogens with one attached hydrogen (secondary N) is 1. The summed E-state index contributed by atoms with van der Waals surface area (Å²) < 4.78 is 0. The van der Waals surface area contributed by atoms with Crippen molar-refractivity contribution in [1.29, 1.82) is 0 Å². The van der Waals surface area contributed by atoms with E-state index in [1.54, 1.807) is 6.20 Å². The summed E-state index contributed by atoms with van der Waals surface area (Å²) in [5.41, 5.74) is 3.28. The van der Waals surface area contributed by atoms with Crippen LogP contribution in [-0.4, -0.2) is 4.98 Å². The van der Waals surface area contributed by atoms with Gasteiger partial charge >= 0.3 is 0 Å². The zero-order chi connectivity index (χ0) is 14.1. The van der Waals surface area contributed by atoms with Gasteiger partial charge in [-0.1, -0.05) is 11.6 Å². The normalized spacial score (nSPS) is 10.9. The molecule has 0 bridgehead atoms. The molecule has 2 nitrogen and oxygen atoms in total. The van der Waals surface area contributed by atoms with E-state index >= 15 is 0 Å². The zero-order valence-corrected chi connectivity index (χ0v) is 13.0. The van der Waals surface area contributed by atoms with Gasteiger partial charge in [0, 0.05) is 27.9 Å². The van der Waals surface area contributed by atoms with Crippen molar-refractivity contribution in [2.75, 3.05) is 5.32 Å². The minimum absolute atomic E-state index is 0.737. The zero-order valence-electron chi connectivity index (χ0n) is 11.4. The topological polar surface area (TPSA) is 24.9 Å². The van der Waals surface area contributed by atoms with Gasteiger partial charge in [-0.15, -0.1) is 11.3 Å². The summed E-state index contributed by atoms with van der Waals surface area (Å²) in [6, 6.07) is 10.0. The lowest BCUT2D eigenvalue weighted by Gasteiger charge is -2.10. The Bertz CT molecular complexity index is 764. The summed E-state index contributed by atoms with van der Waals surface area (Å²) in [5, 5.41) is 5.19. The summed E-state index contributed by atoms with van der Waals surface area (Å²) in [6.45, 7) is 5.11. The van der Waals surface area contributed by atoms with Crippen LogP contribution in [0.25, 0.3) is 10.9 Å². The van der Waals surface area contributed by atoms with Gasteiger partial charge in [0.15, 0.2) is 0 Å². The number of benzene rings is 1. The molecule has 102 valence electrons. The smallest absolute Gasteiger partial charge is 0.0948 e. The fourth-order valence-electron chi connectivity index (χ4n) is 2.33. The molecular formula is C16H15ClN2S. The second kappa shape index (κ2) is 5.43. The third-order valence-corrected chi connectivity index (χ3v) is 4.67. The fourth-order valence-corrected chi connectivity index (χ4v) is 3.49. The average Bonchev–Trinajstić information content (AvgIpc) is 2.77. The molecule has 1 N–H and O–H groups in total. The fraction of sp³-hybridized carbons (Fsp3) is 0.188. The van der Waals surface area contributed by atoms with Crippen LogP contribution in [0, 0.1) is 13.8 Å². The highest BCUT2D eigenvalue weighted by Gasteiger charge is 2.07. The Morgan fingerprint density at radius 2 is 2.10 bits per heavy atom. The molecule has 0 saturated carbocycles. The molecule has 0 amide bonds. The Morgan fingerprint density at radius 3 is 2.85 bits per heavy atom. The number of fused-ring (bicyclic) bond motifs is 1. The van der Waals surface area contributed by atoms with Gasteiger partial charge in [-0.05, 0) is 49.7 Å². The number of hydrogen-bond donors (Lipinski definition) is 1. The molecule has 20 heavy (non-hydrogen) atoms. The van der Waals surface area contributed by atoms with Gasteiger partial charge < -0.3 is 5.32 Å². The molecule has 0 spiro atoms. The SMILES string of the molecule is Cc1cc(CNc2ccc(Cl)c3cccnc23)c(C)s1. The van der Waals surface area contributed by atoms with Crippen LogP contribution in [0.15, 0.2) is 36.5 Å². The van der Waals surface area contributed by atoms with Gasteiger partial charge in [0.25, 0.3) is 0 Å². The highest BCUT2D eigenvalue weighted by atomic mass is 35.5. The van der Waals surface area contributed by atoms with Crippen molar-refractivity contribution >= 4 is 39.5 Å². The maximum Gasteiger partial charge on any atom is 0.0948 e. The Morgan fingerprint density at radius 1 is 1.25 bits per heavy atom. The van der Waals surface area contributed by atoms with E-state index in [1.807, 2.05) is 35.6 Å². The standard InChI is InChI=1S/C16H15ClN2S/c1-10-8-12(11(2)20-10)9-19-15-6-5-14(17)13-4-3-7-18-16(13)15/h3-8,19H,9H2,1-2H3. The van der Waals surface area contributed by atoms with Crippen molar-refractivity contribution in [2.45, 2.75) is 20.4 Å². The number of rotatable bonds is 3. The van der Waals surface area contributed by atoms with Crippen LogP contribution in [0.3, 0.4) is 0 Å². The first-order valence-electron chi connectivity index (χ1n) is 6.48. The van der Waals surface area contributed by atoms with Crippen LogP contribution in [0.1, 0.15) is 15.3 Å². The lowest BCUT2D eigenvalue weighted by Crippen LogP contribution is -2.00. The summed E-state index contributed by atoms with van der Waals surface area (Å²) in [5.74, 6) is 0. The molecule has 3 aromatic rings. The molecule has 3 rings (SSSR count). The van der Waals surface area contributed by atoms with Gasteiger partial charge in [0.05, 0.1) is 16.2 Å². The van der Waals surface area contributed by atoms with Crippen molar-refractivity contribution in [3.05, 3.63) is 56.9 Å². The second-order valence-electron chi connectivity index (χ2n) is 4.79. The Hall–Kier alpha value is -1.58. The minimum atomic E-state index is 0.737. The van der Waals surface area contributed by atoms with Crippen LogP contribution in [-0.2, 0) is 6.54 Å². The summed E-state index contributed by atoms with van der Waals surface area (Å²) in [6.07, 6.45) is 1.80. The van der Waals surface area contributed by atoms with Crippen molar-refractivity contribution in [1.82, 2.24) is 4.98 Å². The van der Waals surface area contributed by atoms with Crippen LogP contribution >= 0.6 is 22.9 Å². The van der Waals surface area contributed by atoms with E-state index in [2.05, 4.69) is 30.2 Å². The molecule has 0 aliphatic rings. The first-order valence-corrected chi connectivity index (χ1v) is 7.67. The maximum absolute atomic E-state index is 6.21. The van der Waals surface area contributed by atoms with Gasteiger partial charge in [0.2, 0.25) is 0 Å².